The minimum absolute atomic E-state index is 0.0117. The van der Waals surface area contributed by atoms with Crippen molar-refractivity contribution >= 4 is 17.6 Å². The molecule has 4 atom stereocenters. The van der Waals surface area contributed by atoms with E-state index >= 15 is 0 Å². The number of nitrogens with one attached hydrogen (secondary N) is 3. The third-order valence-corrected chi connectivity index (χ3v) is 7.95. The normalized spacial score (nSPS) is 19.4. The number of hydrogen-bond donors (Lipinski definition) is 3. The van der Waals surface area contributed by atoms with E-state index in [4.69, 9.17) is 29.9 Å². The van der Waals surface area contributed by atoms with Crippen LogP contribution in [0, 0.1) is 0 Å². The van der Waals surface area contributed by atoms with Crippen molar-refractivity contribution in [2.24, 2.45) is 0 Å². The largest absolute Gasteiger partial charge is 0.370 e. The molecule has 43 heavy (non-hydrogen) atoms. The van der Waals surface area contributed by atoms with Crippen LogP contribution in [0.1, 0.15) is 106 Å². The van der Waals surface area contributed by atoms with Gasteiger partial charge in [0.05, 0.1) is 11.4 Å². The molecule has 0 spiro atoms. The molecule has 1 fully saturated rings. The average molecular weight is 580 g/mol. The van der Waals surface area contributed by atoms with Crippen LogP contribution in [0.3, 0.4) is 0 Å². The second kappa shape index (κ2) is 14.8. The smallest absolute Gasteiger partial charge is 0.224 e. The first-order chi connectivity index (χ1) is 21.2. The number of aromatic nitrogens is 6. The predicted molar refractivity (Wildman–Crippen MR) is 174 cm³/mol. The Bertz CT molecular complexity index is 1400. The van der Waals surface area contributed by atoms with Gasteiger partial charge in [0.15, 0.2) is 0 Å². The molecule has 1 aliphatic rings. The van der Waals surface area contributed by atoms with E-state index in [1.54, 1.807) is 0 Å². The molecule has 1 saturated carbocycles. The van der Waals surface area contributed by atoms with E-state index in [-0.39, 0.29) is 23.7 Å². The number of aryl methyl sites for hydroxylation is 1. The van der Waals surface area contributed by atoms with Crippen LogP contribution in [-0.4, -0.2) is 49.5 Å². The van der Waals surface area contributed by atoms with Gasteiger partial charge >= 0.3 is 0 Å². The molecule has 0 aliphatic heterocycles. The molecule has 0 amide bonds. The molecule has 3 N–H and O–H groups in total. The van der Waals surface area contributed by atoms with Crippen molar-refractivity contribution in [3.8, 4) is 0 Å². The molecule has 9 nitrogen and oxygen atoms in total. The van der Waals surface area contributed by atoms with Gasteiger partial charge in [-0.1, -0.05) is 39.8 Å². The topological polar surface area (TPSA) is 113 Å². The summed E-state index contributed by atoms with van der Waals surface area (Å²) < 4.78 is 0. The van der Waals surface area contributed by atoms with Crippen molar-refractivity contribution in [1.29, 1.82) is 0 Å². The zero-order valence-electron chi connectivity index (χ0n) is 25.9. The second-order valence-electron chi connectivity index (χ2n) is 11.2. The summed E-state index contributed by atoms with van der Waals surface area (Å²) in [6.45, 7) is 11.2. The molecule has 1 aliphatic carbocycles. The Labute approximate surface area is 255 Å². The van der Waals surface area contributed by atoms with Gasteiger partial charge in [-0.15, -0.1) is 0 Å². The molecule has 0 aromatic carbocycles. The molecule has 4 heterocycles. The fraction of sp³-hybridized carbons (Fsp3) is 0.471. The van der Waals surface area contributed by atoms with E-state index in [1.165, 1.54) is 0 Å². The molecule has 5 rings (SSSR count). The third-order valence-electron chi connectivity index (χ3n) is 7.95. The summed E-state index contributed by atoms with van der Waals surface area (Å²) in [5.41, 5.74) is 4.09. The Hall–Kier alpha value is -4.14. The van der Waals surface area contributed by atoms with E-state index < -0.39 is 0 Å². The van der Waals surface area contributed by atoms with Crippen molar-refractivity contribution < 1.29 is 0 Å². The lowest BCUT2D eigenvalue weighted by Gasteiger charge is -2.51. The summed E-state index contributed by atoms with van der Waals surface area (Å²) in [7, 11) is 0. The molecular formula is C34H45N9. The number of hydrogen-bond acceptors (Lipinski definition) is 9. The fourth-order valence-electron chi connectivity index (χ4n) is 6.03. The maximum Gasteiger partial charge on any atom is 0.224 e. The van der Waals surface area contributed by atoms with E-state index in [2.05, 4.69) is 80.0 Å². The van der Waals surface area contributed by atoms with Crippen LogP contribution >= 0.6 is 0 Å². The van der Waals surface area contributed by atoms with E-state index in [0.29, 0.717) is 5.95 Å². The molecule has 4 unspecified atom stereocenters. The molecule has 226 valence electrons. The summed E-state index contributed by atoms with van der Waals surface area (Å²) >= 11 is 0. The lowest BCUT2D eigenvalue weighted by molar-refractivity contribution is 0.211. The fourth-order valence-corrected chi connectivity index (χ4v) is 6.03. The predicted octanol–water partition coefficient (Wildman–Crippen LogP) is 6.92. The van der Waals surface area contributed by atoms with E-state index in [9.17, 15) is 0 Å². The SMILES string of the molecule is CCCNc1cc(C2C(c3ccccn3)C(c3ccccn3)C2c2cc(NCCC)nc(NCCC)n2)nc(CCC)n1. The van der Waals surface area contributed by atoms with E-state index in [0.717, 1.165) is 92.0 Å². The lowest BCUT2D eigenvalue weighted by Crippen LogP contribution is -2.42. The van der Waals surface area contributed by atoms with Crippen molar-refractivity contribution in [3.05, 3.63) is 89.5 Å². The van der Waals surface area contributed by atoms with Crippen LogP contribution < -0.4 is 16.0 Å². The first-order valence-corrected chi connectivity index (χ1v) is 16.0. The van der Waals surface area contributed by atoms with Crippen molar-refractivity contribution in [2.45, 2.75) is 83.5 Å². The highest BCUT2D eigenvalue weighted by Crippen LogP contribution is 2.65. The number of pyridine rings is 2. The first-order valence-electron chi connectivity index (χ1n) is 16.0. The Balaban J connectivity index is 1.69. The maximum absolute atomic E-state index is 5.20. The Kier molecular flexibility index (Phi) is 10.5. The summed E-state index contributed by atoms with van der Waals surface area (Å²) in [6, 6.07) is 16.6. The monoisotopic (exact) mass is 579 g/mol. The van der Waals surface area contributed by atoms with Crippen molar-refractivity contribution in [1.82, 2.24) is 29.9 Å². The van der Waals surface area contributed by atoms with Crippen LogP contribution in [0.4, 0.5) is 17.6 Å². The zero-order valence-corrected chi connectivity index (χ0v) is 25.9. The summed E-state index contributed by atoms with van der Waals surface area (Å²) in [4.78, 5) is 29.8. The lowest BCUT2D eigenvalue weighted by atomic mass is 9.52. The van der Waals surface area contributed by atoms with Crippen LogP contribution in [-0.2, 0) is 6.42 Å². The van der Waals surface area contributed by atoms with Gasteiger partial charge in [0.1, 0.15) is 17.5 Å². The standard InChI is InChI=1S/C34H45N9/c1-5-13-27-40-25(21-28(42-27)37-16-6-2)32-30(23-14-9-11-19-35-23)31(24-15-10-12-20-36-24)33(32)26-22-29(38-17-7-3)43-34(41-26)39-18-8-4/h9-12,14-15,19-22,30-33H,5-8,13,16-18H2,1-4H3,(H,37,40,42)(H2,38,39,41,43). The third kappa shape index (κ3) is 7.09. The molecule has 4 aromatic rings. The van der Waals surface area contributed by atoms with Crippen LogP contribution in [0.2, 0.25) is 0 Å². The molecule has 0 saturated heterocycles. The van der Waals surface area contributed by atoms with Crippen LogP contribution in [0.5, 0.6) is 0 Å². The Morgan fingerprint density at radius 1 is 0.535 bits per heavy atom. The highest BCUT2D eigenvalue weighted by Gasteiger charge is 2.55. The molecule has 0 bridgehead atoms. The quantitative estimate of drug-likeness (QED) is 0.138. The molecule has 0 radical (unpaired) electrons. The highest BCUT2D eigenvalue weighted by atomic mass is 15.1. The van der Waals surface area contributed by atoms with Gasteiger partial charge in [0.25, 0.3) is 0 Å². The van der Waals surface area contributed by atoms with Crippen LogP contribution in [0.25, 0.3) is 0 Å². The molecule has 4 aromatic heterocycles. The number of anilines is 3. The summed E-state index contributed by atoms with van der Waals surface area (Å²) in [5, 5.41) is 10.5. The van der Waals surface area contributed by atoms with Gasteiger partial charge in [-0.25, -0.2) is 15.0 Å². The van der Waals surface area contributed by atoms with Gasteiger partial charge in [0, 0.05) is 85.6 Å². The average Bonchev–Trinajstić information content (AvgIpc) is 3.02. The van der Waals surface area contributed by atoms with Gasteiger partial charge in [0.2, 0.25) is 5.95 Å². The summed E-state index contributed by atoms with van der Waals surface area (Å²) in [6.07, 6.45) is 8.60. The highest BCUT2D eigenvalue weighted by molar-refractivity contribution is 5.50. The Morgan fingerprint density at radius 2 is 1.05 bits per heavy atom. The number of nitrogens with zero attached hydrogens (tertiary/aromatic N) is 6. The second-order valence-corrected chi connectivity index (χ2v) is 11.2. The van der Waals surface area contributed by atoms with Gasteiger partial charge in [-0.05, 0) is 49.9 Å². The summed E-state index contributed by atoms with van der Waals surface area (Å²) in [5.74, 6) is 3.41. The van der Waals surface area contributed by atoms with Crippen LogP contribution in [0.15, 0.2) is 60.9 Å². The minimum atomic E-state index is 0.0117. The zero-order chi connectivity index (χ0) is 30.0. The molecular weight excluding hydrogens is 534 g/mol. The Morgan fingerprint density at radius 3 is 1.56 bits per heavy atom. The van der Waals surface area contributed by atoms with Gasteiger partial charge in [-0.3, -0.25) is 9.97 Å². The minimum Gasteiger partial charge on any atom is -0.370 e. The van der Waals surface area contributed by atoms with Gasteiger partial charge in [-0.2, -0.15) is 4.98 Å². The van der Waals surface area contributed by atoms with Crippen molar-refractivity contribution in [3.63, 3.8) is 0 Å². The van der Waals surface area contributed by atoms with E-state index in [1.807, 2.05) is 24.5 Å². The van der Waals surface area contributed by atoms with Crippen molar-refractivity contribution in [2.75, 3.05) is 35.6 Å². The maximum atomic E-state index is 5.20. The first kappa shape index (κ1) is 30.3. The number of rotatable bonds is 15. The molecule has 9 heteroatoms. The van der Waals surface area contributed by atoms with Gasteiger partial charge < -0.3 is 16.0 Å².